The molecule has 2 atom stereocenters. The summed E-state index contributed by atoms with van der Waals surface area (Å²) in [6, 6.07) is -1.16. The maximum absolute atomic E-state index is 11.9. The van der Waals surface area contributed by atoms with Crippen LogP contribution < -0.4 is 10.3 Å². The minimum atomic E-state index is -1.55. The molecule has 1 amide bonds. The van der Waals surface area contributed by atoms with Gasteiger partial charge in [0.15, 0.2) is 0 Å². The third-order valence-corrected chi connectivity index (χ3v) is 3.66. The number of hydrogen-bond donors (Lipinski definition) is 3. The van der Waals surface area contributed by atoms with Crippen LogP contribution in [0.3, 0.4) is 0 Å². The molecule has 0 saturated heterocycles. The fourth-order valence-electron chi connectivity index (χ4n) is 1.70. The predicted octanol–water partition coefficient (Wildman–Crippen LogP) is 1.41. The molecule has 18 heavy (non-hydrogen) atoms. The van der Waals surface area contributed by atoms with Crippen molar-refractivity contribution in [3.8, 4) is 0 Å². The molecule has 0 radical (unpaired) electrons. The maximum atomic E-state index is 11.9. The smallest absolute Gasteiger partial charge is 0.326 e. The molecule has 5 nitrogen and oxygen atoms in total. The van der Waals surface area contributed by atoms with E-state index in [9.17, 15) is 9.59 Å². The van der Waals surface area contributed by atoms with Crippen LogP contribution in [0.15, 0.2) is 0 Å². The van der Waals surface area contributed by atoms with Gasteiger partial charge >= 0.3 is 5.97 Å². The summed E-state index contributed by atoms with van der Waals surface area (Å²) in [5.74, 6) is -0.991. The summed E-state index contributed by atoms with van der Waals surface area (Å²) in [6.45, 7) is 11.9. The number of rotatable bonds is 7. The van der Waals surface area contributed by atoms with Gasteiger partial charge in [-0.05, 0) is 19.3 Å². The lowest BCUT2D eigenvalue weighted by Crippen LogP contribution is -2.55. The van der Waals surface area contributed by atoms with Crippen molar-refractivity contribution >= 4 is 20.1 Å². The van der Waals surface area contributed by atoms with E-state index in [-0.39, 0.29) is 17.9 Å². The Morgan fingerprint density at radius 1 is 1.17 bits per heavy atom. The van der Waals surface area contributed by atoms with Gasteiger partial charge < -0.3 is 15.4 Å². The Kier molecular flexibility index (Phi) is 6.55. The lowest BCUT2D eigenvalue weighted by molar-refractivity contribution is -0.142. The summed E-state index contributed by atoms with van der Waals surface area (Å²) >= 11 is 0. The van der Waals surface area contributed by atoms with Gasteiger partial charge in [-0.2, -0.15) is 0 Å². The van der Waals surface area contributed by atoms with Gasteiger partial charge in [-0.1, -0.05) is 33.5 Å². The van der Waals surface area contributed by atoms with Crippen molar-refractivity contribution in [2.45, 2.75) is 58.9 Å². The van der Waals surface area contributed by atoms with Crippen molar-refractivity contribution < 1.29 is 14.7 Å². The second-order valence-electron chi connectivity index (χ2n) is 6.14. The molecule has 3 N–H and O–H groups in total. The Hall–Kier alpha value is -0.883. The minimum absolute atomic E-state index is 0.228. The Labute approximate surface area is 110 Å². The van der Waals surface area contributed by atoms with Gasteiger partial charge in [0, 0.05) is 0 Å². The molecule has 0 spiro atoms. The van der Waals surface area contributed by atoms with Crippen LogP contribution in [-0.4, -0.2) is 37.3 Å². The molecule has 0 aliphatic carbocycles. The molecular formula is C12H26N2O3Si. The van der Waals surface area contributed by atoms with Gasteiger partial charge in [-0.25, -0.2) is 4.79 Å². The van der Waals surface area contributed by atoms with E-state index < -0.39 is 20.2 Å². The molecule has 0 aliphatic heterocycles. The molecule has 0 rings (SSSR count). The molecule has 6 heteroatoms. The zero-order valence-corrected chi connectivity index (χ0v) is 13.2. The first-order valence-electron chi connectivity index (χ1n) is 6.34. The Morgan fingerprint density at radius 2 is 1.67 bits per heavy atom. The van der Waals surface area contributed by atoms with Crippen molar-refractivity contribution in [1.29, 1.82) is 0 Å². The van der Waals surface area contributed by atoms with Crippen molar-refractivity contribution in [2.75, 3.05) is 0 Å². The van der Waals surface area contributed by atoms with E-state index >= 15 is 0 Å². The maximum Gasteiger partial charge on any atom is 0.326 e. The number of carboxylic acid groups (broad SMARTS) is 1. The molecular weight excluding hydrogens is 248 g/mol. The monoisotopic (exact) mass is 274 g/mol. The van der Waals surface area contributed by atoms with Crippen molar-refractivity contribution in [2.24, 2.45) is 5.92 Å². The predicted molar refractivity (Wildman–Crippen MR) is 75.0 cm³/mol. The molecule has 0 bridgehead atoms. The first kappa shape index (κ1) is 17.1. The van der Waals surface area contributed by atoms with E-state index in [0.29, 0.717) is 6.42 Å². The van der Waals surface area contributed by atoms with Gasteiger partial charge in [-0.3, -0.25) is 4.79 Å². The lowest BCUT2D eigenvalue weighted by atomic mass is 10.0. The molecule has 0 unspecified atom stereocenters. The summed E-state index contributed by atoms with van der Waals surface area (Å²) in [7, 11) is -1.55. The molecule has 0 aromatic rings. The third-order valence-electron chi connectivity index (χ3n) is 2.36. The second-order valence-corrected chi connectivity index (χ2v) is 10.9. The zero-order chi connectivity index (χ0) is 14.5. The van der Waals surface area contributed by atoms with E-state index in [2.05, 4.69) is 29.9 Å². The van der Waals surface area contributed by atoms with E-state index in [0.717, 1.165) is 0 Å². The molecule has 0 saturated carbocycles. The van der Waals surface area contributed by atoms with Crippen LogP contribution in [0.25, 0.3) is 0 Å². The lowest BCUT2D eigenvalue weighted by Gasteiger charge is -2.25. The molecule has 106 valence electrons. The minimum Gasteiger partial charge on any atom is -0.480 e. The molecule has 0 heterocycles. The quantitative estimate of drug-likeness (QED) is 0.613. The van der Waals surface area contributed by atoms with Crippen LogP contribution in [-0.2, 0) is 9.59 Å². The number of aliphatic carboxylic acids is 1. The highest BCUT2D eigenvalue weighted by atomic mass is 28.3. The van der Waals surface area contributed by atoms with E-state index in [4.69, 9.17) is 5.11 Å². The first-order valence-corrected chi connectivity index (χ1v) is 9.84. The third kappa shape index (κ3) is 7.44. The van der Waals surface area contributed by atoms with Crippen LogP contribution in [0.1, 0.15) is 27.2 Å². The highest BCUT2D eigenvalue weighted by molar-refractivity contribution is 6.73. The number of hydrogen-bond acceptors (Lipinski definition) is 3. The Balaban J connectivity index is 4.46. The van der Waals surface area contributed by atoms with Gasteiger partial charge in [0.25, 0.3) is 0 Å². The van der Waals surface area contributed by atoms with E-state index in [1.165, 1.54) is 0 Å². The van der Waals surface area contributed by atoms with Gasteiger partial charge in [-0.15, -0.1) is 0 Å². The molecule has 0 fully saturated rings. The van der Waals surface area contributed by atoms with Gasteiger partial charge in [0.2, 0.25) is 5.91 Å². The average molecular weight is 274 g/mol. The topological polar surface area (TPSA) is 78.4 Å². The largest absolute Gasteiger partial charge is 0.480 e. The number of carbonyl (C=O) groups is 2. The molecule has 0 aromatic heterocycles. The second kappa shape index (κ2) is 6.89. The fraction of sp³-hybridized carbons (Fsp3) is 0.833. The van der Waals surface area contributed by atoms with Crippen molar-refractivity contribution in [1.82, 2.24) is 10.3 Å². The van der Waals surface area contributed by atoms with Crippen LogP contribution >= 0.6 is 0 Å². The van der Waals surface area contributed by atoms with E-state index in [1.807, 2.05) is 13.8 Å². The highest BCUT2D eigenvalue weighted by Gasteiger charge is 2.26. The van der Waals surface area contributed by atoms with Crippen LogP contribution in [0, 0.1) is 5.92 Å². The van der Waals surface area contributed by atoms with Crippen LogP contribution in [0.5, 0.6) is 0 Å². The van der Waals surface area contributed by atoms with E-state index in [1.54, 1.807) is 6.92 Å². The Bertz CT molecular complexity index is 300. The molecule has 0 aliphatic rings. The van der Waals surface area contributed by atoms with Crippen LogP contribution in [0.4, 0.5) is 0 Å². The summed E-state index contributed by atoms with van der Waals surface area (Å²) < 4.78 is 0. The van der Waals surface area contributed by atoms with Gasteiger partial charge in [0.05, 0.1) is 6.04 Å². The van der Waals surface area contributed by atoms with Gasteiger partial charge in [0.1, 0.15) is 14.3 Å². The summed E-state index contributed by atoms with van der Waals surface area (Å²) in [5, 5.41) is 11.7. The first-order chi connectivity index (χ1) is 8.03. The summed E-state index contributed by atoms with van der Waals surface area (Å²) in [4.78, 5) is 26.2. The number of carbonyl (C=O) groups excluding carboxylic acids is 1. The number of carboxylic acids is 1. The fourth-order valence-corrected chi connectivity index (χ4v) is 3.13. The number of amides is 1. The summed E-state index contributed by atoms with van der Waals surface area (Å²) in [6.07, 6.45) is 0.445. The van der Waals surface area contributed by atoms with Crippen molar-refractivity contribution in [3.63, 3.8) is 0 Å². The standard InChI is InChI=1S/C12H26N2O3Si/c1-8(2)7-10(12(16)17)13-11(15)9(3)14-18(4,5)6/h8-10,14H,7H2,1-6H3,(H,13,15)(H,16,17)/t9-,10-/m0/s1. The normalized spacial score (nSPS) is 15.3. The summed E-state index contributed by atoms with van der Waals surface area (Å²) in [5.41, 5.74) is 0. The SMILES string of the molecule is CC(C)C[C@H](NC(=O)[C@H](C)N[Si](C)(C)C)C(=O)O. The highest BCUT2D eigenvalue weighted by Crippen LogP contribution is 2.05. The van der Waals surface area contributed by atoms with Crippen LogP contribution in [0.2, 0.25) is 19.6 Å². The zero-order valence-electron chi connectivity index (χ0n) is 12.2. The Morgan fingerprint density at radius 3 is 2.00 bits per heavy atom. The molecule has 0 aromatic carbocycles. The van der Waals surface area contributed by atoms with Crippen molar-refractivity contribution in [3.05, 3.63) is 0 Å². The number of nitrogens with one attached hydrogen (secondary N) is 2. The average Bonchev–Trinajstić information content (AvgIpc) is 2.12.